The molecule has 0 bridgehead atoms. The van der Waals surface area contributed by atoms with E-state index < -0.39 is 40.9 Å². The first-order valence-electron chi connectivity index (χ1n) is 6.99. The van der Waals surface area contributed by atoms with Crippen molar-refractivity contribution in [2.75, 3.05) is 7.11 Å². The van der Waals surface area contributed by atoms with E-state index in [4.69, 9.17) is 0 Å². The zero-order valence-corrected chi connectivity index (χ0v) is 12.7. The third-order valence-electron chi connectivity index (χ3n) is 3.31. The van der Waals surface area contributed by atoms with Gasteiger partial charge in [-0.1, -0.05) is 30.3 Å². The monoisotopic (exact) mass is 337 g/mol. The molecule has 0 heterocycles. The van der Waals surface area contributed by atoms with Crippen LogP contribution in [0.2, 0.25) is 0 Å². The molecule has 2 aromatic rings. The summed E-state index contributed by atoms with van der Waals surface area (Å²) in [6, 6.07) is 8.34. The van der Waals surface area contributed by atoms with Crippen LogP contribution in [-0.2, 0) is 16.0 Å². The third kappa shape index (κ3) is 4.13. The molecule has 2 rings (SSSR count). The SMILES string of the molecule is COC(=O)[C@@H](Cc1ccccc1)NC(=O)c1c(F)cc(F)cc1F. The Balaban J connectivity index is 2.23. The molecule has 126 valence electrons. The standard InChI is InChI=1S/C17H14F3NO3/c1-24-17(23)14(7-10-5-3-2-4-6-10)21-16(22)15-12(19)8-11(18)9-13(15)20/h2-6,8-9,14H,7H2,1H3,(H,21,22)/t14-/m1/s1. The molecule has 2 aromatic carbocycles. The molecule has 0 spiro atoms. The summed E-state index contributed by atoms with van der Waals surface area (Å²) in [5.41, 5.74) is -0.244. The maximum absolute atomic E-state index is 13.7. The average molecular weight is 337 g/mol. The lowest BCUT2D eigenvalue weighted by Crippen LogP contribution is -2.43. The molecule has 24 heavy (non-hydrogen) atoms. The Hall–Kier alpha value is -2.83. The molecule has 4 nitrogen and oxygen atoms in total. The lowest BCUT2D eigenvalue weighted by Gasteiger charge is -2.17. The summed E-state index contributed by atoms with van der Waals surface area (Å²) in [5.74, 6) is -5.79. The highest BCUT2D eigenvalue weighted by Gasteiger charge is 2.26. The molecule has 7 heteroatoms. The van der Waals surface area contributed by atoms with Crippen molar-refractivity contribution in [3.05, 3.63) is 71.0 Å². The van der Waals surface area contributed by atoms with Crippen LogP contribution in [0.1, 0.15) is 15.9 Å². The Labute approximate surface area is 136 Å². The number of carbonyl (C=O) groups excluding carboxylic acids is 2. The van der Waals surface area contributed by atoms with Gasteiger partial charge in [0.2, 0.25) is 0 Å². The molecule has 0 unspecified atom stereocenters. The molecule has 0 fully saturated rings. The van der Waals surface area contributed by atoms with E-state index in [0.717, 1.165) is 7.11 Å². The summed E-state index contributed by atoms with van der Waals surface area (Å²) in [6.45, 7) is 0. The molecule has 0 aliphatic rings. The largest absolute Gasteiger partial charge is 0.467 e. The summed E-state index contributed by atoms with van der Waals surface area (Å²) in [6.07, 6.45) is 0.0731. The fourth-order valence-electron chi connectivity index (χ4n) is 2.17. The number of ether oxygens (including phenoxy) is 1. The third-order valence-corrected chi connectivity index (χ3v) is 3.31. The van der Waals surface area contributed by atoms with Gasteiger partial charge in [-0.05, 0) is 5.56 Å². The zero-order valence-electron chi connectivity index (χ0n) is 12.7. The van der Waals surface area contributed by atoms with Gasteiger partial charge in [0.25, 0.3) is 5.91 Å². The molecule has 0 saturated carbocycles. The van der Waals surface area contributed by atoms with Gasteiger partial charge in [0, 0.05) is 18.6 Å². The van der Waals surface area contributed by atoms with Crippen molar-refractivity contribution in [2.45, 2.75) is 12.5 Å². The molecule has 1 atom stereocenters. The Morgan fingerprint density at radius 2 is 1.67 bits per heavy atom. The van der Waals surface area contributed by atoms with Crippen LogP contribution >= 0.6 is 0 Å². The molecular formula is C17H14F3NO3. The highest BCUT2D eigenvalue weighted by Crippen LogP contribution is 2.15. The van der Waals surface area contributed by atoms with E-state index in [-0.39, 0.29) is 6.42 Å². The number of carbonyl (C=O) groups is 2. The van der Waals surface area contributed by atoms with Crippen LogP contribution in [0.25, 0.3) is 0 Å². The lowest BCUT2D eigenvalue weighted by molar-refractivity contribution is -0.142. The number of rotatable bonds is 5. The van der Waals surface area contributed by atoms with E-state index in [2.05, 4.69) is 10.1 Å². The van der Waals surface area contributed by atoms with E-state index in [1.54, 1.807) is 30.3 Å². The van der Waals surface area contributed by atoms with E-state index in [9.17, 15) is 22.8 Å². The Kier molecular flexibility index (Phi) is 5.57. The number of hydrogen-bond acceptors (Lipinski definition) is 3. The Morgan fingerprint density at radius 1 is 1.08 bits per heavy atom. The second kappa shape index (κ2) is 7.63. The van der Waals surface area contributed by atoms with E-state index in [1.165, 1.54) is 0 Å². The summed E-state index contributed by atoms with van der Waals surface area (Å²) in [4.78, 5) is 23.9. The minimum Gasteiger partial charge on any atom is -0.467 e. The molecular weight excluding hydrogens is 323 g/mol. The maximum Gasteiger partial charge on any atom is 0.328 e. The molecule has 0 aliphatic carbocycles. The van der Waals surface area contributed by atoms with Crippen molar-refractivity contribution in [3.63, 3.8) is 0 Å². The molecule has 1 amide bonds. The normalized spacial score (nSPS) is 11.7. The van der Waals surface area contributed by atoms with Crippen LogP contribution in [0.4, 0.5) is 13.2 Å². The van der Waals surface area contributed by atoms with Crippen LogP contribution < -0.4 is 5.32 Å². The van der Waals surface area contributed by atoms with Gasteiger partial charge in [-0.25, -0.2) is 18.0 Å². The Bertz CT molecular complexity index is 727. The second-order valence-electron chi connectivity index (χ2n) is 4.98. The van der Waals surface area contributed by atoms with Gasteiger partial charge in [0.15, 0.2) is 0 Å². The molecule has 0 radical (unpaired) electrons. The van der Waals surface area contributed by atoms with Gasteiger partial charge in [-0.3, -0.25) is 4.79 Å². The van der Waals surface area contributed by atoms with Crippen LogP contribution in [0, 0.1) is 17.5 Å². The van der Waals surface area contributed by atoms with Crippen LogP contribution in [0.15, 0.2) is 42.5 Å². The minimum absolute atomic E-state index is 0.0731. The van der Waals surface area contributed by atoms with Crippen LogP contribution in [0.3, 0.4) is 0 Å². The average Bonchev–Trinajstić information content (AvgIpc) is 2.53. The van der Waals surface area contributed by atoms with Gasteiger partial charge in [-0.15, -0.1) is 0 Å². The summed E-state index contributed by atoms with van der Waals surface area (Å²) in [7, 11) is 1.13. The topological polar surface area (TPSA) is 55.4 Å². The summed E-state index contributed by atoms with van der Waals surface area (Å²) >= 11 is 0. The number of esters is 1. The zero-order chi connectivity index (χ0) is 17.7. The molecule has 1 N–H and O–H groups in total. The van der Waals surface area contributed by atoms with E-state index in [0.29, 0.717) is 17.7 Å². The van der Waals surface area contributed by atoms with Crippen molar-refractivity contribution in [2.24, 2.45) is 0 Å². The summed E-state index contributed by atoms with van der Waals surface area (Å²) < 4.78 is 44.8. The van der Waals surface area contributed by atoms with Crippen molar-refractivity contribution < 1.29 is 27.5 Å². The first kappa shape index (κ1) is 17.5. The van der Waals surface area contributed by atoms with Gasteiger partial charge < -0.3 is 10.1 Å². The molecule has 0 aliphatic heterocycles. The van der Waals surface area contributed by atoms with Gasteiger partial charge >= 0.3 is 5.97 Å². The lowest BCUT2D eigenvalue weighted by atomic mass is 10.1. The fourth-order valence-corrected chi connectivity index (χ4v) is 2.17. The highest BCUT2D eigenvalue weighted by atomic mass is 19.1. The van der Waals surface area contributed by atoms with Crippen LogP contribution in [0.5, 0.6) is 0 Å². The highest BCUT2D eigenvalue weighted by molar-refractivity contribution is 5.97. The van der Waals surface area contributed by atoms with Gasteiger partial charge in [0.1, 0.15) is 29.1 Å². The molecule has 0 saturated heterocycles. The van der Waals surface area contributed by atoms with Gasteiger partial charge in [-0.2, -0.15) is 0 Å². The predicted molar refractivity (Wildman–Crippen MR) is 79.7 cm³/mol. The number of benzene rings is 2. The van der Waals surface area contributed by atoms with E-state index >= 15 is 0 Å². The van der Waals surface area contributed by atoms with E-state index in [1.807, 2.05) is 0 Å². The van der Waals surface area contributed by atoms with Crippen molar-refractivity contribution >= 4 is 11.9 Å². The number of amides is 1. The van der Waals surface area contributed by atoms with Crippen molar-refractivity contribution in [3.8, 4) is 0 Å². The fraction of sp³-hybridized carbons (Fsp3) is 0.176. The predicted octanol–water partition coefficient (Wildman–Crippen LogP) is 2.62. The summed E-state index contributed by atoms with van der Waals surface area (Å²) in [5, 5.41) is 2.22. The number of halogens is 3. The quantitative estimate of drug-likeness (QED) is 0.854. The Morgan fingerprint density at radius 3 is 2.21 bits per heavy atom. The number of nitrogens with one attached hydrogen (secondary N) is 1. The molecule has 0 aromatic heterocycles. The number of methoxy groups -OCH3 is 1. The first-order chi connectivity index (χ1) is 11.4. The number of hydrogen-bond donors (Lipinski definition) is 1. The van der Waals surface area contributed by atoms with Gasteiger partial charge in [0.05, 0.1) is 7.11 Å². The maximum atomic E-state index is 13.7. The first-order valence-corrected chi connectivity index (χ1v) is 6.99. The van der Waals surface area contributed by atoms with Crippen LogP contribution in [-0.4, -0.2) is 25.0 Å². The minimum atomic E-state index is -1.35. The van der Waals surface area contributed by atoms with Crippen molar-refractivity contribution in [1.29, 1.82) is 0 Å². The smallest absolute Gasteiger partial charge is 0.328 e. The van der Waals surface area contributed by atoms with Crippen molar-refractivity contribution in [1.82, 2.24) is 5.32 Å². The second-order valence-corrected chi connectivity index (χ2v) is 4.98.